The largest absolute Gasteiger partial charge is 0.389 e. The van der Waals surface area contributed by atoms with E-state index in [4.69, 9.17) is 11.6 Å². The van der Waals surface area contributed by atoms with Gasteiger partial charge in [-0.2, -0.15) is 0 Å². The number of hydrogen-bond donors (Lipinski definition) is 1. The summed E-state index contributed by atoms with van der Waals surface area (Å²) in [5.41, 5.74) is 3.69. The van der Waals surface area contributed by atoms with Crippen molar-refractivity contribution in [2.75, 3.05) is 18.0 Å². The van der Waals surface area contributed by atoms with Crippen LogP contribution >= 0.6 is 11.6 Å². The van der Waals surface area contributed by atoms with E-state index in [-0.39, 0.29) is 5.41 Å². The van der Waals surface area contributed by atoms with E-state index in [0.29, 0.717) is 0 Å². The second-order valence-corrected chi connectivity index (χ2v) is 6.97. The summed E-state index contributed by atoms with van der Waals surface area (Å²) in [7, 11) is 0. The van der Waals surface area contributed by atoms with E-state index >= 15 is 0 Å². The first-order valence-corrected chi connectivity index (χ1v) is 7.59. The van der Waals surface area contributed by atoms with Crippen LogP contribution in [0, 0.1) is 5.41 Å². The monoisotopic (exact) mass is 293 g/mol. The van der Waals surface area contributed by atoms with E-state index in [2.05, 4.69) is 31.7 Å². The summed E-state index contributed by atoms with van der Waals surface area (Å²) in [6.45, 7) is 10.4. The Balaban J connectivity index is 2.17. The van der Waals surface area contributed by atoms with Gasteiger partial charge in [0, 0.05) is 13.1 Å². The minimum absolute atomic E-state index is 0.256. The lowest BCUT2D eigenvalue weighted by Gasteiger charge is -2.34. The number of aliphatic hydroxyl groups is 1. The Morgan fingerprint density at radius 3 is 2.45 bits per heavy atom. The molecule has 1 atom stereocenters. The predicted molar refractivity (Wildman–Crippen MR) is 86.5 cm³/mol. The zero-order chi connectivity index (χ0) is 14.9. The minimum atomic E-state index is -0.477. The molecule has 0 radical (unpaired) electrons. The van der Waals surface area contributed by atoms with Gasteiger partial charge in [-0.1, -0.05) is 50.1 Å². The first-order valence-electron chi connectivity index (χ1n) is 7.21. The van der Waals surface area contributed by atoms with Crippen molar-refractivity contribution >= 4 is 17.3 Å². The molecule has 0 saturated carbocycles. The van der Waals surface area contributed by atoms with Gasteiger partial charge in [0.2, 0.25) is 0 Å². The van der Waals surface area contributed by atoms with Gasteiger partial charge in [-0.05, 0) is 36.5 Å². The Kier molecular flexibility index (Phi) is 4.46. The average Bonchev–Trinajstić information content (AvgIpc) is 2.37. The molecule has 0 bridgehead atoms. The van der Waals surface area contributed by atoms with Gasteiger partial charge in [0.15, 0.2) is 0 Å². The topological polar surface area (TPSA) is 23.5 Å². The lowest BCUT2D eigenvalue weighted by molar-refractivity contribution is 0.199. The van der Waals surface area contributed by atoms with Crippen LogP contribution < -0.4 is 4.90 Å². The number of anilines is 1. The maximum atomic E-state index is 9.59. The average molecular weight is 294 g/mol. The van der Waals surface area contributed by atoms with E-state index in [1.165, 1.54) is 5.57 Å². The Hall–Kier alpha value is -0.990. The molecule has 1 aromatic carbocycles. The van der Waals surface area contributed by atoms with Gasteiger partial charge in [0.25, 0.3) is 0 Å². The van der Waals surface area contributed by atoms with E-state index in [1.54, 1.807) is 6.92 Å². The van der Waals surface area contributed by atoms with Crippen LogP contribution in [-0.4, -0.2) is 18.2 Å². The van der Waals surface area contributed by atoms with Gasteiger partial charge in [-0.25, -0.2) is 0 Å². The molecule has 0 fully saturated rings. The molecule has 1 aliphatic rings. The van der Waals surface area contributed by atoms with Crippen molar-refractivity contribution < 1.29 is 5.11 Å². The van der Waals surface area contributed by atoms with Crippen molar-refractivity contribution in [3.05, 3.63) is 40.4 Å². The highest BCUT2D eigenvalue weighted by Gasteiger charge is 2.22. The molecular weight excluding hydrogens is 270 g/mol. The summed E-state index contributed by atoms with van der Waals surface area (Å²) in [6.07, 6.45) is 2.93. The second-order valence-electron chi connectivity index (χ2n) is 6.56. The lowest BCUT2D eigenvalue weighted by Crippen LogP contribution is -2.31. The summed E-state index contributed by atoms with van der Waals surface area (Å²) >= 11 is 6.36. The molecule has 0 aliphatic carbocycles. The van der Waals surface area contributed by atoms with Gasteiger partial charge < -0.3 is 10.0 Å². The predicted octanol–water partition coefficient (Wildman–Crippen LogP) is 4.58. The fourth-order valence-corrected chi connectivity index (χ4v) is 2.92. The molecule has 0 unspecified atom stereocenters. The number of hydrogen-bond acceptors (Lipinski definition) is 2. The molecule has 1 aromatic rings. The van der Waals surface area contributed by atoms with Crippen LogP contribution in [0.2, 0.25) is 5.02 Å². The SMILES string of the molecule is C[C@@H](O)c1ccc(N2CC=C(C(C)(C)C)CC2)c(Cl)c1. The van der Waals surface area contributed by atoms with Gasteiger partial charge in [-0.3, -0.25) is 0 Å². The Morgan fingerprint density at radius 2 is 2.00 bits per heavy atom. The standard InChI is InChI=1S/C17H24ClNO/c1-12(20)13-5-6-16(15(18)11-13)19-9-7-14(8-10-19)17(2,3)4/h5-7,11-12,20H,8-10H2,1-4H3/t12-/m1/s1. The van der Waals surface area contributed by atoms with E-state index in [9.17, 15) is 5.11 Å². The molecule has 0 aromatic heterocycles. The van der Waals surface area contributed by atoms with Gasteiger partial charge in [0.1, 0.15) is 0 Å². The summed E-state index contributed by atoms with van der Waals surface area (Å²) in [6, 6.07) is 5.83. The maximum absolute atomic E-state index is 9.59. The highest BCUT2D eigenvalue weighted by atomic mass is 35.5. The van der Waals surface area contributed by atoms with Crippen molar-refractivity contribution in [2.45, 2.75) is 40.2 Å². The third-order valence-electron chi connectivity index (χ3n) is 3.97. The fraction of sp³-hybridized carbons (Fsp3) is 0.529. The molecule has 2 rings (SSSR count). The zero-order valence-electron chi connectivity index (χ0n) is 12.8. The highest BCUT2D eigenvalue weighted by Crippen LogP contribution is 2.34. The fourth-order valence-electron chi connectivity index (χ4n) is 2.61. The molecule has 110 valence electrons. The first-order chi connectivity index (χ1) is 9.29. The summed E-state index contributed by atoms with van der Waals surface area (Å²) in [5, 5.41) is 10.3. The smallest absolute Gasteiger partial charge is 0.0762 e. The van der Waals surface area contributed by atoms with Crippen LogP contribution in [0.3, 0.4) is 0 Å². The third kappa shape index (κ3) is 3.36. The molecule has 1 aliphatic heterocycles. The van der Waals surface area contributed by atoms with Crippen LogP contribution in [0.1, 0.15) is 45.8 Å². The van der Waals surface area contributed by atoms with Crippen LogP contribution in [0.15, 0.2) is 29.8 Å². The first kappa shape index (κ1) is 15.4. The van der Waals surface area contributed by atoms with Crippen LogP contribution in [0.4, 0.5) is 5.69 Å². The van der Waals surface area contributed by atoms with Crippen LogP contribution in [-0.2, 0) is 0 Å². The molecule has 0 spiro atoms. The Bertz CT molecular complexity index is 514. The van der Waals surface area contributed by atoms with Crippen molar-refractivity contribution in [1.29, 1.82) is 0 Å². The number of rotatable bonds is 2. The summed E-state index contributed by atoms with van der Waals surface area (Å²) in [5.74, 6) is 0. The number of benzene rings is 1. The van der Waals surface area contributed by atoms with E-state index in [1.807, 2.05) is 18.2 Å². The quantitative estimate of drug-likeness (QED) is 0.807. The van der Waals surface area contributed by atoms with E-state index in [0.717, 1.165) is 35.8 Å². The number of aliphatic hydroxyl groups excluding tert-OH is 1. The zero-order valence-corrected chi connectivity index (χ0v) is 13.5. The molecule has 3 heteroatoms. The molecule has 0 amide bonds. The van der Waals surface area contributed by atoms with Gasteiger partial charge in [-0.15, -0.1) is 0 Å². The van der Waals surface area contributed by atoms with Gasteiger partial charge in [0.05, 0.1) is 16.8 Å². The Labute approximate surface area is 127 Å². The molecule has 1 heterocycles. The summed E-state index contributed by atoms with van der Waals surface area (Å²) in [4.78, 5) is 2.30. The van der Waals surface area contributed by atoms with Crippen molar-refractivity contribution in [2.24, 2.45) is 5.41 Å². The van der Waals surface area contributed by atoms with Crippen molar-refractivity contribution in [1.82, 2.24) is 0 Å². The number of halogens is 1. The highest BCUT2D eigenvalue weighted by molar-refractivity contribution is 6.33. The van der Waals surface area contributed by atoms with Gasteiger partial charge >= 0.3 is 0 Å². The lowest BCUT2D eigenvalue weighted by atomic mass is 9.83. The van der Waals surface area contributed by atoms with Crippen LogP contribution in [0.5, 0.6) is 0 Å². The van der Waals surface area contributed by atoms with E-state index < -0.39 is 6.10 Å². The normalized spacial score (nSPS) is 17.9. The molecule has 1 N–H and O–H groups in total. The minimum Gasteiger partial charge on any atom is -0.389 e. The molecule has 2 nitrogen and oxygen atoms in total. The van der Waals surface area contributed by atoms with Crippen LogP contribution in [0.25, 0.3) is 0 Å². The maximum Gasteiger partial charge on any atom is 0.0762 e. The molecule has 20 heavy (non-hydrogen) atoms. The molecule has 0 saturated heterocycles. The Morgan fingerprint density at radius 1 is 1.30 bits per heavy atom. The van der Waals surface area contributed by atoms with Crippen molar-refractivity contribution in [3.8, 4) is 0 Å². The second kappa shape index (κ2) is 5.79. The van der Waals surface area contributed by atoms with Crippen molar-refractivity contribution in [3.63, 3.8) is 0 Å². The molecular formula is C17H24ClNO. The summed E-state index contributed by atoms with van der Waals surface area (Å²) < 4.78 is 0. The number of nitrogens with zero attached hydrogens (tertiary/aromatic N) is 1. The third-order valence-corrected chi connectivity index (χ3v) is 4.27.